The molecule has 0 fully saturated rings. The van der Waals surface area contributed by atoms with Crippen LogP contribution < -0.4 is 15.8 Å². The molecular weight excluding hydrogens is 346 g/mol. The number of nitrogens with one attached hydrogen (secondary N) is 2. The quantitative estimate of drug-likeness (QED) is 0.675. The van der Waals surface area contributed by atoms with E-state index >= 15 is 0 Å². The van der Waals surface area contributed by atoms with Gasteiger partial charge in [-0.05, 0) is 50.1 Å². The van der Waals surface area contributed by atoms with Gasteiger partial charge < -0.3 is 11.1 Å². The highest BCUT2D eigenvalue weighted by molar-refractivity contribution is 7.98. The first-order chi connectivity index (χ1) is 9.83. The number of sulfonamides is 1. The standard InChI is InChI=1S/C13H21N3O3S2.ClH/c1-9-11(16-13(17)10(14)7-8-20-3)5-4-6-12(9)21(18,19)15-2;/h4-6,10,15H,7-8,14H2,1-3H3,(H,16,17);1H/t10-;/m0./s1. The lowest BCUT2D eigenvalue weighted by atomic mass is 10.1. The Morgan fingerprint density at radius 2 is 2.05 bits per heavy atom. The van der Waals surface area contributed by atoms with Gasteiger partial charge in [0.05, 0.1) is 10.9 Å². The fraction of sp³-hybridized carbons (Fsp3) is 0.462. The van der Waals surface area contributed by atoms with E-state index in [-0.39, 0.29) is 23.2 Å². The molecule has 0 saturated heterocycles. The molecule has 0 bridgehead atoms. The lowest BCUT2D eigenvalue weighted by Gasteiger charge is -2.15. The van der Waals surface area contributed by atoms with Crippen molar-refractivity contribution in [2.45, 2.75) is 24.3 Å². The fourth-order valence-electron chi connectivity index (χ4n) is 1.75. The average molecular weight is 368 g/mol. The molecule has 9 heteroatoms. The molecule has 1 aromatic carbocycles. The van der Waals surface area contributed by atoms with Crippen LogP contribution in [0.15, 0.2) is 23.1 Å². The summed E-state index contributed by atoms with van der Waals surface area (Å²) in [4.78, 5) is 12.1. The third kappa shape index (κ3) is 5.44. The second kappa shape index (κ2) is 9.36. The Kier molecular flexibility index (Phi) is 9.02. The number of halogens is 1. The molecule has 0 radical (unpaired) electrons. The highest BCUT2D eigenvalue weighted by atomic mass is 35.5. The van der Waals surface area contributed by atoms with Crippen LogP contribution in [0.1, 0.15) is 12.0 Å². The Balaban J connectivity index is 0.00000441. The Labute approximate surface area is 142 Å². The van der Waals surface area contributed by atoms with E-state index in [2.05, 4.69) is 10.0 Å². The molecule has 0 saturated carbocycles. The molecule has 0 aliphatic carbocycles. The van der Waals surface area contributed by atoms with Crippen molar-refractivity contribution < 1.29 is 13.2 Å². The normalized spacial score (nSPS) is 12.4. The molecule has 22 heavy (non-hydrogen) atoms. The third-order valence-electron chi connectivity index (χ3n) is 3.07. The Bertz CT molecular complexity index is 609. The van der Waals surface area contributed by atoms with Gasteiger partial charge in [0.25, 0.3) is 0 Å². The summed E-state index contributed by atoms with van der Waals surface area (Å²) in [6, 6.07) is 4.12. The Morgan fingerprint density at radius 1 is 1.41 bits per heavy atom. The molecule has 126 valence electrons. The van der Waals surface area contributed by atoms with E-state index in [4.69, 9.17) is 5.73 Å². The summed E-state index contributed by atoms with van der Waals surface area (Å²) < 4.78 is 26.0. The highest BCUT2D eigenvalue weighted by Crippen LogP contribution is 2.23. The van der Waals surface area contributed by atoms with Crippen LogP contribution in [-0.4, -0.2) is 39.4 Å². The van der Waals surface area contributed by atoms with Gasteiger partial charge in [-0.1, -0.05) is 6.07 Å². The van der Waals surface area contributed by atoms with Gasteiger partial charge >= 0.3 is 0 Å². The maximum absolute atomic E-state index is 12.0. The van der Waals surface area contributed by atoms with Crippen molar-refractivity contribution in [3.05, 3.63) is 23.8 Å². The lowest BCUT2D eigenvalue weighted by Crippen LogP contribution is -2.36. The van der Waals surface area contributed by atoms with Crippen LogP contribution in [-0.2, 0) is 14.8 Å². The van der Waals surface area contributed by atoms with E-state index < -0.39 is 16.1 Å². The van der Waals surface area contributed by atoms with Gasteiger partial charge in [-0.2, -0.15) is 11.8 Å². The molecule has 0 aromatic heterocycles. The zero-order valence-electron chi connectivity index (χ0n) is 12.8. The molecule has 1 atom stereocenters. The molecule has 0 heterocycles. The number of amides is 1. The van der Waals surface area contributed by atoms with Crippen molar-refractivity contribution in [2.24, 2.45) is 5.73 Å². The first-order valence-electron chi connectivity index (χ1n) is 6.42. The summed E-state index contributed by atoms with van der Waals surface area (Å²) >= 11 is 1.62. The zero-order valence-corrected chi connectivity index (χ0v) is 15.2. The Hall–Kier alpha value is -0.800. The summed E-state index contributed by atoms with van der Waals surface area (Å²) in [6.45, 7) is 1.65. The maximum Gasteiger partial charge on any atom is 0.241 e. The fourth-order valence-corrected chi connectivity index (χ4v) is 3.23. The molecule has 0 aliphatic heterocycles. The monoisotopic (exact) mass is 367 g/mol. The second-order valence-electron chi connectivity index (χ2n) is 4.51. The molecule has 1 amide bonds. The third-order valence-corrected chi connectivity index (χ3v) is 5.27. The summed E-state index contributed by atoms with van der Waals surface area (Å²) in [5.74, 6) is 0.480. The molecule has 1 rings (SSSR count). The summed E-state index contributed by atoms with van der Waals surface area (Å²) in [5.41, 5.74) is 6.73. The summed E-state index contributed by atoms with van der Waals surface area (Å²) in [5, 5.41) is 2.69. The number of hydrogen-bond acceptors (Lipinski definition) is 5. The summed E-state index contributed by atoms with van der Waals surface area (Å²) in [7, 11) is -2.21. The van der Waals surface area contributed by atoms with Crippen LogP contribution in [0.5, 0.6) is 0 Å². The lowest BCUT2D eigenvalue weighted by molar-refractivity contribution is -0.117. The van der Waals surface area contributed by atoms with Crippen LogP contribution >= 0.6 is 24.2 Å². The molecule has 1 aromatic rings. The first kappa shape index (κ1) is 21.2. The summed E-state index contributed by atoms with van der Waals surface area (Å²) in [6.07, 6.45) is 2.52. The van der Waals surface area contributed by atoms with Crippen LogP contribution in [0.25, 0.3) is 0 Å². The number of carbonyl (C=O) groups is 1. The minimum atomic E-state index is -3.56. The van der Waals surface area contributed by atoms with E-state index in [1.165, 1.54) is 13.1 Å². The van der Waals surface area contributed by atoms with Crippen LogP contribution in [0.3, 0.4) is 0 Å². The maximum atomic E-state index is 12.0. The minimum absolute atomic E-state index is 0. The number of benzene rings is 1. The number of nitrogens with two attached hydrogens (primary N) is 1. The minimum Gasteiger partial charge on any atom is -0.324 e. The largest absolute Gasteiger partial charge is 0.324 e. The van der Waals surface area contributed by atoms with Crippen LogP contribution in [0.2, 0.25) is 0 Å². The van der Waals surface area contributed by atoms with Crippen molar-refractivity contribution in [2.75, 3.05) is 24.4 Å². The van der Waals surface area contributed by atoms with E-state index in [0.717, 1.165) is 5.75 Å². The van der Waals surface area contributed by atoms with Crippen molar-refractivity contribution in [3.8, 4) is 0 Å². The predicted octanol–water partition coefficient (Wildman–Crippen LogP) is 1.34. The van der Waals surface area contributed by atoms with Crippen molar-refractivity contribution in [3.63, 3.8) is 0 Å². The Morgan fingerprint density at radius 3 is 2.59 bits per heavy atom. The average Bonchev–Trinajstić information content (AvgIpc) is 2.46. The zero-order chi connectivity index (χ0) is 16.0. The first-order valence-corrected chi connectivity index (χ1v) is 9.29. The van der Waals surface area contributed by atoms with Crippen molar-refractivity contribution >= 4 is 45.8 Å². The molecular formula is C13H22ClN3O3S2. The van der Waals surface area contributed by atoms with Gasteiger partial charge in [-0.3, -0.25) is 4.79 Å². The number of rotatable bonds is 7. The van der Waals surface area contributed by atoms with Crippen LogP contribution in [0, 0.1) is 6.92 Å². The van der Waals surface area contributed by atoms with E-state index in [9.17, 15) is 13.2 Å². The van der Waals surface area contributed by atoms with E-state index in [1.54, 1.807) is 30.8 Å². The highest BCUT2D eigenvalue weighted by Gasteiger charge is 2.19. The molecule has 6 nitrogen and oxygen atoms in total. The smallest absolute Gasteiger partial charge is 0.241 e. The molecule has 0 aliphatic rings. The predicted molar refractivity (Wildman–Crippen MR) is 94.3 cm³/mol. The van der Waals surface area contributed by atoms with E-state index in [0.29, 0.717) is 17.7 Å². The second-order valence-corrected chi connectivity index (χ2v) is 7.35. The molecule has 0 spiro atoms. The van der Waals surface area contributed by atoms with E-state index in [1.807, 2.05) is 6.26 Å². The van der Waals surface area contributed by atoms with Gasteiger partial charge in [0, 0.05) is 5.69 Å². The van der Waals surface area contributed by atoms with Gasteiger partial charge in [-0.25, -0.2) is 13.1 Å². The number of thioether (sulfide) groups is 1. The van der Waals surface area contributed by atoms with Crippen molar-refractivity contribution in [1.82, 2.24) is 4.72 Å². The van der Waals surface area contributed by atoms with Gasteiger partial charge in [0.1, 0.15) is 0 Å². The topological polar surface area (TPSA) is 101 Å². The molecule has 4 N–H and O–H groups in total. The number of hydrogen-bond donors (Lipinski definition) is 3. The number of carbonyl (C=O) groups excluding carboxylic acids is 1. The van der Waals surface area contributed by atoms with Crippen molar-refractivity contribution in [1.29, 1.82) is 0 Å². The van der Waals surface area contributed by atoms with Crippen LogP contribution in [0.4, 0.5) is 5.69 Å². The van der Waals surface area contributed by atoms with Gasteiger partial charge in [-0.15, -0.1) is 12.4 Å². The number of anilines is 1. The molecule has 0 unspecified atom stereocenters. The van der Waals surface area contributed by atoms with Gasteiger partial charge in [0.2, 0.25) is 15.9 Å². The SMILES string of the molecule is CNS(=O)(=O)c1cccc(NC(=O)[C@@H](N)CCSC)c1C.Cl. The van der Waals surface area contributed by atoms with Gasteiger partial charge in [0.15, 0.2) is 0 Å².